The number of nitrogens with one attached hydrogen (secondary N) is 1. The van der Waals surface area contributed by atoms with Crippen LogP contribution in [-0.2, 0) is 22.9 Å². The van der Waals surface area contributed by atoms with Crippen molar-refractivity contribution in [3.8, 4) is 0 Å². The number of amides is 2. The number of para-hydroxylation sites is 1. The van der Waals surface area contributed by atoms with Crippen LogP contribution >= 0.6 is 11.3 Å². The van der Waals surface area contributed by atoms with Gasteiger partial charge in [-0.25, -0.2) is 8.42 Å². The summed E-state index contributed by atoms with van der Waals surface area (Å²) >= 11 is 1.39. The summed E-state index contributed by atoms with van der Waals surface area (Å²) in [6, 6.07) is 14.6. The minimum Gasteiger partial charge on any atom is -0.365 e. The van der Waals surface area contributed by atoms with Gasteiger partial charge in [0.1, 0.15) is 5.00 Å². The molecule has 4 rings (SSSR count). The molecule has 0 unspecified atom stereocenters. The van der Waals surface area contributed by atoms with Gasteiger partial charge in [-0.2, -0.15) is 0 Å². The number of benzene rings is 2. The molecule has 3 aromatic rings. The summed E-state index contributed by atoms with van der Waals surface area (Å²) < 4.78 is 27.6. The molecule has 0 saturated carbocycles. The summed E-state index contributed by atoms with van der Waals surface area (Å²) in [6.45, 7) is 2.04. The molecule has 33 heavy (non-hydrogen) atoms. The molecule has 0 bridgehead atoms. The Morgan fingerprint density at radius 1 is 1.03 bits per heavy atom. The van der Waals surface area contributed by atoms with Crippen LogP contribution in [-0.4, -0.2) is 26.8 Å². The predicted octanol–water partition coefficient (Wildman–Crippen LogP) is 4.19. The Bertz CT molecular complexity index is 1280. The highest BCUT2D eigenvalue weighted by molar-refractivity contribution is 7.92. The Kier molecular flexibility index (Phi) is 6.53. The van der Waals surface area contributed by atoms with Crippen LogP contribution < -0.4 is 15.4 Å². The van der Waals surface area contributed by atoms with E-state index in [4.69, 9.17) is 5.73 Å². The second kappa shape index (κ2) is 9.36. The third-order valence-electron chi connectivity index (χ3n) is 5.68. The second-order valence-electron chi connectivity index (χ2n) is 7.76. The average Bonchev–Trinajstić information content (AvgIpc) is 3.18. The number of carbonyl (C=O) groups is 2. The topological polar surface area (TPSA) is 110 Å². The maximum Gasteiger partial charge on any atom is 0.264 e. The first-order valence-electron chi connectivity index (χ1n) is 10.8. The van der Waals surface area contributed by atoms with Crippen molar-refractivity contribution >= 4 is 43.9 Å². The molecule has 9 heteroatoms. The van der Waals surface area contributed by atoms with E-state index in [2.05, 4.69) is 5.32 Å². The fraction of sp³-hybridized carbons (Fsp3) is 0.250. The van der Waals surface area contributed by atoms with Crippen LogP contribution in [0.1, 0.15) is 50.9 Å². The van der Waals surface area contributed by atoms with Crippen molar-refractivity contribution in [2.45, 2.75) is 37.5 Å². The highest BCUT2D eigenvalue weighted by atomic mass is 32.2. The van der Waals surface area contributed by atoms with E-state index in [1.54, 1.807) is 31.2 Å². The van der Waals surface area contributed by atoms with Crippen molar-refractivity contribution in [1.82, 2.24) is 0 Å². The number of aryl methyl sites for hydroxylation is 1. The van der Waals surface area contributed by atoms with E-state index < -0.39 is 21.8 Å². The van der Waals surface area contributed by atoms with Gasteiger partial charge in [0.05, 0.1) is 16.1 Å². The van der Waals surface area contributed by atoms with Crippen molar-refractivity contribution in [2.24, 2.45) is 5.73 Å². The van der Waals surface area contributed by atoms with E-state index in [0.717, 1.165) is 36.1 Å². The lowest BCUT2D eigenvalue weighted by Crippen LogP contribution is -2.30. The number of hydrogen-bond acceptors (Lipinski definition) is 5. The molecule has 0 atom stereocenters. The van der Waals surface area contributed by atoms with E-state index >= 15 is 0 Å². The van der Waals surface area contributed by atoms with Gasteiger partial charge in [-0.1, -0.05) is 18.2 Å². The lowest BCUT2D eigenvalue weighted by Gasteiger charge is -2.23. The molecule has 1 aromatic heterocycles. The zero-order chi connectivity index (χ0) is 23.6. The fourth-order valence-corrected chi connectivity index (χ4v) is 6.84. The van der Waals surface area contributed by atoms with E-state index in [9.17, 15) is 18.0 Å². The molecule has 3 N–H and O–H groups in total. The summed E-state index contributed by atoms with van der Waals surface area (Å²) in [5.41, 5.74) is 7.79. The second-order valence-corrected chi connectivity index (χ2v) is 10.7. The minimum atomic E-state index is -3.78. The first-order valence-corrected chi connectivity index (χ1v) is 13.0. The zero-order valence-corrected chi connectivity index (χ0v) is 19.8. The summed E-state index contributed by atoms with van der Waals surface area (Å²) in [7, 11) is -3.78. The number of anilines is 2. The Balaban J connectivity index is 1.57. The number of primary amides is 1. The number of rotatable bonds is 7. The third kappa shape index (κ3) is 4.51. The molecule has 7 nitrogen and oxygen atoms in total. The lowest BCUT2D eigenvalue weighted by molar-refractivity contribution is 0.100. The number of fused-ring (bicyclic) bond motifs is 1. The monoisotopic (exact) mass is 483 g/mol. The number of carbonyl (C=O) groups excluding carboxylic acids is 2. The molecule has 2 amide bonds. The number of nitrogens with two attached hydrogens (primary N) is 1. The molecular formula is C24H25N3O4S2. The van der Waals surface area contributed by atoms with E-state index in [0.29, 0.717) is 21.8 Å². The molecule has 0 saturated heterocycles. The first-order chi connectivity index (χ1) is 15.8. The standard InChI is InChI=1S/C24H25N3O4S2/c1-2-27(17-8-4-3-5-9-17)33(30,31)18-14-12-16(13-15-18)23(29)26-24-21(22(25)28)19-10-6-7-11-20(19)32-24/h3-5,8-9,12-15H,2,6-7,10-11H2,1H3,(H2,25,28)(H,26,29). The van der Waals surface area contributed by atoms with Crippen molar-refractivity contribution in [1.29, 1.82) is 0 Å². The van der Waals surface area contributed by atoms with Crippen LogP contribution in [0.5, 0.6) is 0 Å². The summed E-state index contributed by atoms with van der Waals surface area (Å²) in [5.74, 6) is -0.970. The van der Waals surface area contributed by atoms with Crippen molar-refractivity contribution in [3.05, 3.63) is 76.2 Å². The maximum absolute atomic E-state index is 13.1. The Labute approximate surface area is 197 Å². The normalized spacial score (nSPS) is 13.2. The van der Waals surface area contributed by atoms with E-state index in [-0.39, 0.29) is 11.4 Å². The SMILES string of the molecule is CCN(c1ccccc1)S(=O)(=O)c1ccc(C(=O)Nc2sc3c(c2C(N)=O)CCCC3)cc1. The van der Waals surface area contributed by atoms with Crippen LogP contribution in [0.2, 0.25) is 0 Å². The number of thiophene rings is 1. The van der Waals surface area contributed by atoms with Gasteiger partial charge >= 0.3 is 0 Å². The summed E-state index contributed by atoms with van der Waals surface area (Å²) in [6.07, 6.45) is 3.69. The van der Waals surface area contributed by atoms with Gasteiger partial charge in [0, 0.05) is 17.0 Å². The van der Waals surface area contributed by atoms with Crippen molar-refractivity contribution < 1.29 is 18.0 Å². The van der Waals surface area contributed by atoms with E-state index in [1.165, 1.54) is 39.9 Å². The molecule has 1 aliphatic rings. The van der Waals surface area contributed by atoms with Crippen LogP contribution in [0.4, 0.5) is 10.7 Å². The van der Waals surface area contributed by atoms with Gasteiger partial charge in [0.2, 0.25) is 0 Å². The van der Waals surface area contributed by atoms with Crippen molar-refractivity contribution in [2.75, 3.05) is 16.2 Å². The zero-order valence-electron chi connectivity index (χ0n) is 18.2. The van der Waals surface area contributed by atoms with Gasteiger partial charge in [-0.05, 0) is 74.6 Å². The van der Waals surface area contributed by atoms with E-state index in [1.807, 2.05) is 6.07 Å². The van der Waals surface area contributed by atoms with Crippen molar-refractivity contribution in [3.63, 3.8) is 0 Å². The van der Waals surface area contributed by atoms with Gasteiger partial charge in [-0.15, -0.1) is 11.3 Å². The molecule has 2 aromatic carbocycles. The average molecular weight is 484 g/mol. The Morgan fingerprint density at radius 3 is 2.33 bits per heavy atom. The molecule has 0 aliphatic heterocycles. The minimum absolute atomic E-state index is 0.0918. The fourth-order valence-electron chi connectivity index (χ4n) is 4.08. The Morgan fingerprint density at radius 2 is 1.70 bits per heavy atom. The summed E-state index contributed by atoms with van der Waals surface area (Å²) in [5, 5.41) is 3.26. The van der Waals surface area contributed by atoms with Crippen LogP contribution in [0.15, 0.2) is 59.5 Å². The lowest BCUT2D eigenvalue weighted by atomic mass is 9.95. The van der Waals surface area contributed by atoms with Gasteiger partial charge in [0.15, 0.2) is 0 Å². The number of hydrogen-bond donors (Lipinski definition) is 2. The third-order valence-corrected chi connectivity index (χ3v) is 8.81. The predicted molar refractivity (Wildman–Crippen MR) is 131 cm³/mol. The van der Waals surface area contributed by atoms with Gasteiger partial charge in [0.25, 0.3) is 21.8 Å². The quantitative estimate of drug-likeness (QED) is 0.525. The molecular weight excluding hydrogens is 458 g/mol. The van der Waals surface area contributed by atoms with Crippen LogP contribution in [0.3, 0.4) is 0 Å². The smallest absolute Gasteiger partial charge is 0.264 e. The molecule has 0 spiro atoms. The summed E-state index contributed by atoms with van der Waals surface area (Å²) in [4.78, 5) is 26.1. The van der Waals surface area contributed by atoms with Gasteiger partial charge in [-0.3, -0.25) is 13.9 Å². The van der Waals surface area contributed by atoms with Crippen LogP contribution in [0, 0.1) is 0 Å². The van der Waals surface area contributed by atoms with Crippen LogP contribution in [0.25, 0.3) is 0 Å². The highest BCUT2D eigenvalue weighted by Gasteiger charge is 2.26. The molecule has 172 valence electrons. The largest absolute Gasteiger partial charge is 0.365 e. The molecule has 0 radical (unpaired) electrons. The Hall–Kier alpha value is -3.17. The highest BCUT2D eigenvalue weighted by Crippen LogP contribution is 2.38. The number of nitrogens with zero attached hydrogens (tertiary/aromatic N) is 1. The molecule has 0 fully saturated rings. The number of sulfonamides is 1. The molecule has 1 heterocycles. The van der Waals surface area contributed by atoms with Gasteiger partial charge < -0.3 is 11.1 Å². The maximum atomic E-state index is 13.1. The molecule has 1 aliphatic carbocycles. The first kappa shape index (κ1) is 23.0.